The second-order valence-corrected chi connectivity index (χ2v) is 6.31. The molecule has 4 rings (SSSR count). The zero-order valence-corrected chi connectivity index (χ0v) is 10.1. The van der Waals surface area contributed by atoms with Crippen molar-refractivity contribution in [1.82, 2.24) is 0 Å². The van der Waals surface area contributed by atoms with Crippen LogP contribution in [-0.2, 0) is 4.79 Å². The minimum absolute atomic E-state index is 0.351. The molecule has 0 unspecified atom stereocenters. The Balaban J connectivity index is 1.93. The summed E-state index contributed by atoms with van der Waals surface area (Å²) in [6, 6.07) is 2.14. The van der Waals surface area contributed by atoms with Crippen LogP contribution >= 0.6 is 0 Å². The summed E-state index contributed by atoms with van der Waals surface area (Å²) >= 11 is 0. The summed E-state index contributed by atoms with van der Waals surface area (Å²) in [5.74, 6) is 1.65. The topological polar surface area (TPSA) is 61.1 Å². The maximum absolute atomic E-state index is 11.8. The van der Waals surface area contributed by atoms with Crippen LogP contribution in [0.25, 0.3) is 0 Å². The molecule has 0 aromatic heterocycles. The van der Waals surface area contributed by atoms with Gasteiger partial charge in [-0.25, -0.2) is 0 Å². The van der Waals surface area contributed by atoms with E-state index in [1.54, 1.807) is 0 Å². The van der Waals surface area contributed by atoms with Crippen molar-refractivity contribution in [1.29, 1.82) is 5.26 Å². The highest BCUT2D eigenvalue weighted by Crippen LogP contribution is 2.63. The summed E-state index contributed by atoms with van der Waals surface area (Å²) in [5.41, 5.74) is -0.552. The molecule has 4 saturated carbocycles. The van der Waals surface area contributed by atoms with Crippen LogP contribution in [0.3, 0.4) is 0 Å². The first-order valence-corrected chi connectivity index (χ1v) is 6.77. The smallest absolute Gasteiger partial charge is 0.310 e. The summed E-state index contributed by atoms with van der Waals surface area (Å²) in [5, 5.41) is 18.5. The normalized spacial score (nSPS) is 46.8. The van der Waals surface area contributed by atoms with Gasteiger partial charge < -0.3 is 5.11 Å². The minimum atomic E-state index is -0.624. The summed E-state index contributed by atoms with van der Waals surface area (Å²) in [4.78, 5) is 11.8. The Morgan fingerprint density at radius 3 is 2.12 bits per heavy atom. The number of nitrogens with zero attached hydrogens (tertiary/aromatic N) is 1. The average Bonchev–Trinajstić information content (AvgIpc) is 2.27. The fourth-order valence-electron chi connectivity index (χ4n) is 5.15. The van der Waals surface area contributed by atoms with Gasteiger partial charge in [-0.15, -0.1) is 0 Å². The van der Waals surface area contributed by atoms with E-state index in [1.807, 2.05) is 0 Å². The molecule has 0 atom stereocenters. The molecule has 1 N–H and O–H groups in total. The lowest BCUT2D eigenvalue weighted by Crippen LogP contribution is -2.56. The van der Waals surface area contributed by atoms with Crippen molar-refractivity contribution in [2.45, 2.75) is 44.9 Å². The van der Waals surface area contributed by atoms with Crippen molar-refractivity contribution in [3.8, 4) is 6.07 Å². The summed E-state index contributed by atoms with van der Waals surface area (Å²) in [7, 11) is 0. The molecule has 0 amide bonds. The van der Waals surface area contributed by atoms with Gasteiger partial charge in [0.2, 0.25) is 0 Å². The lowest BCUT2D eigenvalue weighted by Gasteiger charge is -2.59. The molecular formula is C14H19NO2. The number of carbonyl (C=O) groups is 1. The molecule has 3 nitrogen and oxygen atoms in total. The van der Waals surface area contributed by atoms with Gasteiger partial charge in [-0.2, -0.15) is 5.26 Å². The Bertz CT molecular complexity index is 354. The average molecular weight is 233 g/mol. The highest BCUT2D eigenvalue weighted by molar-refractivity contribution is 5.76. The summed E-state index contributed by atoms with van der Waals surface area (Å²) in [6.07, 6.45) is 6.72. The maximum Gasteiger partial charge on any atom is 0.310 e. The Labute approximate surface area is 102 Å². The zero-order valence-electron chi connectivity index (χ0n) is 10.1. The van der Waals surface area contributed by atoms with Crippen molar-refractivity contribution in [3.63, 3.8) is 0 Å². The van der Waals surface area contributed by atoms with E-state index in [4.69, 9.17) is 5.26 Å². The Kier molecular flexibility index (Phi) is 2.43. The lowest BCUT2D eigenvalue weighted by molar-refractivity contribution is -0.178. The van der Waals surface area contributed by atoms with Crippen molar-refractivity contribution in [2.24, 2.45) is 29.1 Å². The van der Waals surface area contributed by atoms with Gasteiger partial charge in [0, 0.05) is 6.42 Å². The van der Waals surface area contributed by atoms with Crippen molar-refractivity contribution >= 4 is 5.97 Å². The fourth-order valence-corrected chi connectivity index (χ4v) is 5.15. The molecule has 0 aliphatic heterocycles. The monoisotopic (exact) mass is 233 g/mol. The molecule has 4 aliphatic rings. The third-order valence-electron chi connectivity index (χ3n) is 5.64. The molecule has 0 aromatic carbocycles. The number of rotatable bonds is 3. The first-order chi connectivity index (χ1) is 8.16. The second-order valence-electron chi connectivity index (χ2n) is 6.31. The van der Waals surface area contributed by atoms with E-state index < -0.39 is 11.4 Å². The number of carboxylic acids is 1. The fraction of sp³-hybridized carbons (Fsp3) is 0.857. The number of aliphatic carboxylic acids is 1. The molecule has 0 saturated heterocycles. The molecule has 92 valence electrons. The molecule has 3 heteroatoms. The molecule has 4 bridgehead atoms. The second kappa shape index (κ2) is 3.73. The van der Waals surface area contributed by atoms with E-state index in [1.165, 1.54) is 6.42 Å². The number of carboxylic acid groups (broad SMARTS) is 1. The maximum atomic E-state index is 11.8. The van der Waals surface area contributed by atoms with Crippen molar-refractivity contribution < 1.29 is 9.90 Å². The minimum Gasteiger partial charge on any atom is -0.481 e. The Hall–Kier alpha value is -1.04. The van der Waals surface area contributed by atoms with Gasteiger partial charge in [0.1, 0.15) is 0 Å². The third kappa shape index (κ3) is 1.43. The van der Waals surface area contributed by atoms with E-state index >= 15 is 0 Å². The van der Waals surface area contributed by atoms with Gasteiger partial charge >= 0.3 is 5.97 Å². The molecule has 0 heterocycles. The highest BCUT2D eigenvalue weighted by atomic mass is 16.4. The molecule has 4 aliphatic carbocycles. The molecule has 4 fully saturated rings. The van der Waals surface area contributed by atoms with E-state index in [9.17, 15) is 9.90 Å². The molecule has 0 spiro atoms. The molecule has 0 aromatic rings. The van der Waals surface area contributed by atoms with Crippen molar-refractivity contribution in [3.05, 3.63) is 0 Å². The van der Waals surface area contributed by atoms with Gasteiger partial charge in [-0.1, -0.05) is 0 Å². The van der Waals surface area contributed by atoms with Crippen LogP contribution in [0.4, 0.5) is 0 Å². The molecule has 17 heavy (non-hydrogen) atoms. The SMILES string of the molecule is N#CCCC1(C(=O)O)C2CC3CC(C2)CC1C3. The van der Waals surface area contributed by atoms with Crippen LogP contribution in [0.15, 0.2) is 0 Å². The molecular weight excluding hydrogens is 214 g/mol. The zero-order chi connectivity index (χ0) is 12.0. The first kappa shape index (κ1) is 11.1. The Morgan fingerprint density at radius 2 is 1.71 bits per heavy atom. The van der Waals surface area contributed by atoms with Crippen LogP contribution in [0.5, 0.6) is 0 Å². The van der Waals surface area contributed by atoms with Crippen LogP contribution in [-0.4, -0.2) is 11.1 Å². The van der Waals surface area contributed by atoms with Crippen LogP contribution < -0.4 is 0 Å². The van der Waals surface area contributed by atoms with E-state index in [2.05, 4.69) is 6.07 Å². The third-order valence-corrected chi connectivity index (χ3v) is 5.64. The van der Waals surface area contributed by atoms with Crippen LogP contribution in [0, 0.1) is 40.4 Å². The van der Waals surface area contributed by atoms with Crippen LogP contribution in [0.1, 0.15) is 44.9 Å². The lowest BCUT2D eigenvalue weighted by atomic mass is 9.44. The van der Waals surface area contributed by atoms with E-state index in [0.717, 1.165) is 37.5 Å². The summed E-state index contributed by atoms with van der Waals surface area (Å²) in [6.45, 7) is 0. The number of hydrogen-bond donors (Lipinski definition) is 1. The van der Waals surface area contributed by atoms with Gasteiger partial charge in [0.25, 0.3) is 0 Å². The predicted octanol–water partition coefficient (Wildman–Crippen LogP) is 2.82. The van der Waals surface area contributed by atoms with Gasteiger partial charge in [-0.3, -0.25) is 4.79 Å². The molecule has 0 radical (unpaired) electrons. The number of hydrogen-bond acceptors (Lipinski definition) is 2. The van der Waals surface area contributed by atoms with E-state index in [-0.39, 0.29) is 0 Å². The van der Waals surface area contributed by atoms with Gasteiger partial charge in [-0.05, 0) is 62.2 Å². The largest absolute Gasteiger partial charge is 0.481 e. The van der Waals surface area contributed by atoms with Crippen molar-refractivity contribution in [2.75, 3.05) is 0 Å². The van der Waals surface area contributed by atoms with E-state index in [0.29, 0.717) is 24.7 Å². The highest BCUT2D eigenvalue weighted by Gasteiger charge is 2.60. The van der Waals surface area contributed by atoms with Gasteiger partial charge in [0.05, 0.1) is 11.5 Å². The quantitative estimate of drug-likeness (QED) is 0.815. The van der Waals surface area contributed by atoms with Gasteiger partial charge in [0.15, 0.2) is 0 Å². The van der Waals surface area contributed by atoms with Crippen LogP contribution in [0.2, 0.25) is 0 Å². The summed E-state index contributed by atoms with van der Waals surface area (Å²) < 4.78 is 0. The Morgan fingerprint density at radius 1 is 1.18 bits per heavy atom. The number of nitriles is 1. The standard InChI is InChI=1S/C14H19NO2/c15-3-1-2-14(13(16)17)11-5-9-4-10(7-11)8-12(14)6-9/h9-12H,1-2,4-8H2,(H,16,17). The first-order valence-electron chi connectivity index (χ1n) is 6.77. The predicted molar refractivity (Wildman–Crippen MR) is 62.0 cm³/mol.